The molecule has 7 heteroatoms. The van der Waals surface area contributed by atoms with Gasteiger partial charge >= 0.3 is 5.97 Å². The zero-order valence-electron chi connectivity index (χ0n) is 7.11. The van der Waals surface area contributed by atoms with Crippen molar-refractivity contribution in [1.29, 1.82) is 0 Å². The Morgan fingerprint density at radius 3 is 2.29 bits per heavy atom. The Balaban J connectivity index is 2.88. The van der Waals surface area contributed by atoms with Gasteiger partial charge < -0.3 is 30.6 Å². The minimum absolute atomic E-state index is 0.723. The van der Waals surface area contributed by atoms with Crippen LogP contribution in [0.5, 0.6) is 0 Å². The van der Waals surface area contributed by atoms with Crippen LogP contribution in [-0.2, 0) is 4.79 Å². The van der Waals surface area contributed by atoms with E-state index in [1.54, 1.807) is 0 Å². The van der Waals surface area contributed by atoms with E-state index in [4.69, 9.17) is 25.5 Å². The van der Waals surface area contributed by atoms with Gasteiger partial charge in [0.05, 0.1) is 12.7 Å². The fourth-order valence-corrected chi connectivity index (χ4v) is 1.68. The molecule has 5 unspecified atom stereocenters. The first kappa shape index (κ1) is 11.3. The number of carbonyl (C=O) groups is 1. The number of carboxylic acid groups (broad SMARTS) is 1. The smallest absolute Gasteiger partial charge is 0.335 e. The van der Waals surface area contributed by atoms with Gasteiger partial charge in [0, 0.05) is 5.92 Å². The molecule has 0 aliphatic heterocycles. The Morgan fingerprint density at radius 1 is 1.43 bits per heavy atom. The van der Waals surface area contributed by atoms with Crippen LogP contribution < -0.4 is 0 Å². The lowest BCUT2D eigenvalue weighted by atomic mass is 9.62. The first-order chi connectivity index (χ1) is 6.37. The van der Waals surface area contributed by atoms with Crippen LogP contribution >= 0.6 is 0 Å². The maximum Gasteiger partial charge on any atom is 0.335 e. The Bertz CT molecular complexity index is 242. The summed E-state index contributed by atoms with van der Waals surface area (Å²) in [7, 11) is 0. The fraction of sp³-hybridized carbons (Fsp3) is 0.857. The van der Waals surface area contributed by atoms with Gasteiger partial charge in [0.2, 0.25) is 0 Å². The van der Waals surface area contributed by atoms with Gasteiger partial charge in [-0.1, -0.05) is 0 Å². The number of aliphatic hydroxyl groups is 5. The highest BCUT2D eigenvalue weighted by molar-refractivity contribution is 5.74. The molecule has 82 valence electrons. The number of rotatable bonds is 3. The van der Waals surface area contributed by atoms with E-state index in [2.05, 4.69) is 0 Å². The number of hydrogen-bond donors (Lipinski definition) is 6. The van der Waals surface area contributed by atoms with Crippen molar-refractivity contribution >= 4 is 5.97 Å². The maximum absolute atomic E-state index is 10.4. The predicted molar refractivity (Wildman–Crippen MR) is 41.2 cm³/mol. The van der Waals surface area contributed by atoms with Crippen molar-refractivity contribution in [2.75, 3.05) is 6.61 Å². The maximum atomic E-state index is 10.4. The third-order valence-corrected chi connectivity index (χ3v) is 2.67. The Morgan fingerprint density at radius 2 is 1.93 bits per heavy atom. The average molecular weight is 208 g/mol. The molecule has 1 fully saturated rings. The van der Waals surface area contributed by atoms with Gasteiger partial charge in [-0.2, -0.15) is 0 Å². The lowest BCUT2D eigenvalue weighted by molar-refractivity contribution is -0.298. The van der Waals surface area contributed by atoms with E-state index in [1.165, 1.54) is 0 Å². The molecule has 1 rings (SSSR count). The first-order valence-electron chi connectivity index (χ1n) is 3.97. The highest BCUT2D eigenvalue weighted by Crippen LogP contribution is 2.41. The second kappa shape index (κ2) is 3.44. The van der Waals surface area contributed by atoms with E-state index in [1.807, 2.05) is 0 Å². The van der Waals surface area contributed by atoms with Crippen molar-refractivity contribution in [3.63, 3.8) is 0 Å². The molecule has 0 spiro atoms. The molecule has 5 atom stereocenters. The molecular weight excluding hydrogens is 196 g/mol. The zero-order chi connectivity index (χ0) is 11.1. The number of aliphatic hydroxyl groups excluding tert-OH is 4. The molecule has 0 amide bonds. The minimum Gasteiger partial charge on any atom is -0.479 e. The monoisotopic (exact) mass is 208 g/mol. The fourth-order valence-electron chi connectivity index (χ4n) is 1.68. The Labute approximate surface area is 78.8 Å². The summed E-state index contributed by atoms with van der Waals surface area (Å²) in [6, 6.07) is 0. The van der Waals surface area contributed by atoms with E-state index in [0.29, 0.717) is 0 Å². The summed E-state index contributed by atoms with van der Waals surface area (Å²) in [6.45, 7) is -0.723. The van der Waals surface area contributed by atoms with Gasteiger partial charge in [0.15, 0.2) is 6.10 Å². The van der Waals surface area contributed by atoms with E-state index in [-0.39, 0.29) is 0 Å². The number of hydrogen-bond acceptors (Lipinski definition) is 6. The zero-order valence-corrected chi connectivity index (χ0v) is 7.11. The molecule has 1 aliphatic rings. The van der Waals surface area contributed by atoms with Gasteiger partial charge in [-0.15, -0.1) is 0 Å². The van der Waals surface area contributed by atoms with Gasteiger partial charge in [0.25, 0.3) is 0 Å². The normalized spacial score (nSPS) is 44.2. The van der Waals surface area contributed by atoms with Gasteiger partial charge in [-0.3, -0.25) is 0 Å². The highest BCUT2D eigenvalue weighted by Gasteiger charge is 2.66. The Hall–Kier alpha value is -0.730. The van der Waals surface area contributed by atoms with Crippen LogP contribution in [0.2, 0.25) is 0 Å². The largest absolute Gasteiger partial charge is 0.479 e. The second-order valence-electron chi connectivity index (χ2n) is 3.35. The Kier molecular flexibility index (Phi) is 2.79. The standard InChI is InChI=1S/C7H12O7/c8-1-2-3(9)4(10)7(2,14)5(11)6(12)13/h2-5,8-11,14H,1H2,(H,12,13). The van der Waals surface area contributed by atoms with Crippen LogP contribution in [0.4, 0.5) is 0 Å². The van der Waals surface area contributed by atoms with Crippen LogP contribution in [0.15, 0.2) is 0 Å². The molecular formula is C7H12O7. The summed E-state index contributed by atoms with van der Waals surface area (Å²) in [6.07, 6.45) is -5.44. The topological polar surface area (TPSA) is 138 Å². The van der Waals surface area contributed by atoms with Crippen molar-refractivity contribution in [2.45, 2.75) is 23.9 Å². The molecule has 0 aromatic heterocycles. The lowest BCUT2D eigenvalue weighted by Crippen LogP contribution is -2.76. The second-order valence-corrected chi connectivity index (χ2v) is 3.35. The molecule has 14 heavy (non-hydrogen) atoms. The molecule has 0 aromatic carbocycles. The summed E-state index contributed by atoms with van der Waals surface area (Å²) in [5.41, 5.74) is -2.39. The minimum atomic E-state index is -2.39. The van der Waals surface area contributed by atoms with E-state index in [0.717, 1.165) is 0 Å². The molecule has 0 bridgehead atoms. The summed E-state index contributed by atoms with van der Waals surface area (Å²) in [4.78, 5) is 10.4. The summed E-state index contributed by atoms with van der Waals surface area (Å²) in [5, 5.41) is 53.9. The number of aliphatic carboxylic acids is 1. The van der Waals surface area contributed by atoms with Crippen LogP contribution in [0, 0.1) is 5.92 Å². The molecule has 1 aliphatic carbocycles. The van der Waals surface area contributed by atoms with E-state index >= 15 is 0 Å². The third-order valence-electron chi connectivity index (χ3n) is 2.67. The van der Waals surface area contributed by atoms with E-state index < -0.39 is 42.4 Å². The van der Waals surface area contributed by atoms with Crippen LogP contribution in [0.25, 0.3) is 0 Å². The molecule has 7 nitrogen and oxygen atoms in total. The molecule has 6 N–H and O–H groups in total. The first-order valence-corrected chi connectivity index (χ1v) is 3.97. The van der Waals surface area contributed by atoms with Gasteiger partial charge in [0.1, 0.15) is 11.7 Å². The summed E-state index contributed by atoms with van der Waals surface area (Å²) in [5.74, 6) is -2.99. The van der Waals surface area contributed by atoms with Gasteiger partial charge in [-0.05, 0) is 0 Å². The summed E-state index contributed by atoms with van der Waals surface area (Å²) < 4.78 is 0. The van der Waals surface area contributed by atoms with Crippen molar-refractivity contribution in [3.05, 3.63) is 0 Å². The van der Waals surface area contributed by atoms with E-state index in [9.17, 15) is 9.90 Å². The lowest BCUT2D eigenvalue weighted by Gasteiger charge is -2.53. The van der Waals surface area contributed by atoms with Crippen LogP contribution in [0.3, 0.4) is 0 Å². The third kappa shape index (κ3) is 1.22. The molecule has 0 aromatic rings. The molecule has 0 heterocycles. The van der Waals surface area contributed by atoms with Crippen LogP contribution in [-0.4, -0.2) is 67.1 Å². The highest BCUT2D eigenvalue weighted by atomic mass is 16.4. The molecule has 0 saturated heterocycles. The number of carboxylic acids is 1. The van der Waals surface area contributed by atoms with Crippen molar-refractivity contribution in [3.8, 4) is 0 Å². The average Bonchev–Trinajstić information content (AvgIpc) is 2.16. The van der Waals surface area contributed by atoms with Gasteiger partial charge in [-0.25, -0.2) is 4.79 Å². The SMILES string of the molecule is O=C(O)C(O)C1(O)C(O)C(O)C1CO. The van der Waals surface area contributed by atoms with Crippen molar-refractivity contribution < 1.29 is 35.4 Å². The van der Waals surface area contributed by atoms with Crippen molar-refractivity contribution in [2.24, 2.45) is 5.92 Å². The summed E-state index contributed by atoms with van der Waals surface area (Å²) >= 11 is 0. The molecule has 0 radical (unpaired) electrons. The molecule has 1 saturated carbocycles. The quantitative estimate of drug-likeness (QED) is 0.283. The predicted octanol–water partition coefficient (Wildman–Crippen LogP) is -3.49. The van der Waals surface area contributed by atoms with Crippen LogP contribution in [0.1, 0.15) is 0 Å². The van der Waals surface area contributed by atoms with Crippen molar-refractivity contribution in [1.82, 2.24) is 0 Å².